The van der Waals surface area contributed by atoms with Crippen LogP contribution < -0.4 is 9.80 Å². The van der Waals surface area contributed by atoms with E-state index >= 15 is 0 Å². The number of piperazine rings is 1. The van der Waals surface area contributed by atoms with E-state index in [-0.39, 0.29) is 6.04 Å². The van der Waals surface area contributed by atoms with Gasteiger partial charge in [0.15, 0.2) is 5.13 Å². The largest absolute Gasteiger partial charge is 0.467 e. The second kappa shape index (κ2) is 8.53. The van der Waals surface area contributed by atoms with E-state index in [0.29, 0.717) is 6.54 Å². The minimum Gasteiger partial charge on any atom is -0.467 e. The molecule has 1 fully saturated rings. The Bertz CT molecular complexity index is 1050. The standard InChI is InChI=1S/C21H25N7OS/c1-2-6-18(20-23-24-25-28(20)15-16-7-5-14-29-16)26-10-12-27(13-11-26)21-22-17-8-3-4-9-19(17)30-21/h3-5,7-9,14,18H,2,6,10-13,15H2,1H3/p+1/t18-/m0/s1. The van der Waals surface area contributed by atoms with Gasteiger partial charge in [0.25, 0.3) is 0 Å². The van der Waals surface area contributed by atoms with Gasteiger partial charge in [-0.15, -0.1) is 5.10 Å². The number of para-hydroxylation sites is 1. The van der Waals surface area contributed by atoms with E-state index in [1.807, 2.05) is 16.8 Å². The molecule has 0 aliphatic carbocycles. The number of benzene rings is 1. The van der Waals surface area contributed by atoms with Crippen molar-refractivity contribution in [3.05, 3.63) is 54.2 Å². The second-order valence-electron chi connectivity index (χ2n) is 7.72. The third-order valence-corrected chi connectivity index (χ3v) is 6.88. The van der Waals surface area contributed by atoms with Crippen molar-refractivity contribution >= 4 is 26.7 Å². The normalized spacial score (nSPS) is 16.4. The zero-order chi connectivity index (χ0) is 20.3. The highest BCUT2D eigenvalue weighted by Crippen LogP contribution is 2.28. The molecule has 1 N–H and O–H groups in total. The molecule has 0 spiro atoms. The molecule has 0 saturated carbocycles. The Balaban J connectivity index is 1.30. The minimum atomic E-state index is 0.289. The molecule has 156 valence electrons. The maximum absolute atomic E-state index is 5.50. The van der Waals surface area contributed by atoms with Crippen LogP contribution in [0.2, 0.25) is 0 Å². The van der Waals surface area contributed by atoms with E-state index in [0.717, 1.165) is 61.3 Å². The van der Waals surface area contributed by atoms with Gasteiger partial charge in [-0.2, -0.15) is 0 Å². The number of aromatic nitrogens is 5. The summed E-state index contributed by atoms with van der Waals surface area (Å²) in [6.07, 6.45) is 3.85. The molecule has 1 aliphatic rings. The lowest BCUT2D eigenvalue weighted by Crippen LogP contribution is -3.15. The number of quaternary nitrogens is 1. The fraction of sp³-hybridized carbons (Fsp3) is 0.429. The first-order valence-corrected chi connectivity index (χ1v) is 11.4. The highest BCUT2D eigenvalue weighted by Gasteiger charge is 2.33. The summed E-state index contributed by atoms with van der Waals surface area (Å²) in [5.74, 6) is 1.83. The number of thiazole rings is 1. The van der Waals surface area contributed by atoms with Crippen molar-refractivity contribution in [3.63, 3.8) is 0 Å². The summed E-state index contributed by atoms with van der Waals surface area (Å²) in [5, 5.41) is 13.8. The molecule has 5 rings (SSSR count). The number of fused-ring (bicyclic) bond motifs is 1. The third-order valence-electron chi connectivity index (χ3n) is 5.79. The van der Waals surface area contributed by atoms with Crippen molar-refractivity contribution < 1.29 is 9.32 Å². The van der Waals surface area contributed by atoms with E-state index in [9.17, 15) is 0 Å². The van der Waals surface area contributed by atoms with Crippen LogP contribution in [0.5, 0.6) is 0 Å². The molecule has 4 aromatic rings. The van der Waals surface area contributed by atoms with Gasteiger partial charge in [-0.05, 0) is 34.7 Å². The van der Waals surface area contributed by atoms with Crippen LogP contribution in [-0.2, 0) is 6.54 Å². The van der Waals surface area contributed by atoms with Crippen molar-refractivity contribution in [3.8, 4) is 0 Å². The van der Waals surface area contributed by atoms with Crippen molar-refractivity contribution in [1.82, 2.24) is 25.2 Å². The molecule has 1 saturated heterocycles. The first-order valence-electron chi connectivity index (χ1n) is 10.6. The van der Waals surface area contributed by atoms with E-state index in [1.165, 1.54) is 4.70 Å². The Kier molecular flexibility index (Phi) is 5.46. The molecule has 4 heterocycles. The molecule has 30 heavy (non-hydrogen) atoms. The van der Waals surface area contributed by atoms with Crippen LogP contribution >= 0.6 is 11.3 Å². The van der Waals surface area contributed by atoms with E-state index in [4.69, 9.17) is 9.40 Å². The zero-order valence-corrected chi connectivity index (χ0v) is 17.9. The van der Waals surface area contributed by atoms with Crippen LogP contribution in [0.4, 0.5) is 5.13 Å². The SMILES string of the molecule is CCC[C@@H](c1nnnn1Cc1ccco1)[NH+]1CCN(c2nc3ccccc3s2)CC1. The molecule has 0 amide bonds. The van der Waals surface area contributed by atoms with Crippen molar-refractivity contribution in [2.45, 2.75) is 32.4 Å². The predicted octanol–water partition coefficient (Wildman–Crippen LogP) is 2.17. The molecule has 1 aromatic carbocycles. The number of anilines is 1. The van der Waals surface area contributed by atoms with Crippen LogP contribution in [0.1, 0.15) is 37.4 Å². The van der Waals surface area contributed by atoms with Gasteiger partial charge in [-0.3, -0.25) is 0 Å². The summed E-state index contributed by atoms with van der Waals surface area (Å²) < 4.78 is 8.65. The van der Waals surface area contributed by atoms with Gasteiger partial charge in [-0.1, -0.05) is 36.8 Å². The van der Waals surface area contributed by atoms with Crippen molar-refractivity contribution in [2.75, 3.05) is 31.1 Å². The first kappa shape index (κ1) is 19.2. The molecule has 0 bridgehead atoms. The molecular formula is C21H26N7OS+. The summed E-state index contributed by atoms with van der Waals surface area (Å²) in [5.41, 5.74) is 1.09. The fourth-order valence-electron chi connectivity index (χ4n) is 4.26. The van der Waals surface area contributed by atoms with Crippen molar-refractivity contribution in [2.24, 2.45) is 0 Å². The fourth-order valence-corrected chi connectivity index (χ4v) is 5.27. The average Bonchev–Trinajstić information content (AvgIpc) is 3.53. The molecule has 1 atom stereocenters. The summed E-state index contributed by atoms with van der Waals surface area (Å²) in [6, 6.07) is 12.5. The lowest BCUT2D eigenvalue weighted by Gasteiger charge is -2.35. The predicted molar refractivity (Wildman–Crippen MR) is 116 cm³/mol. The monoisotopic (exact) mass is 424 g/mol. The molecular weight excluding hydrogens is 398 g/mol. The molecule has 9 heteroatoms. The molecule has 1 aliphatic heterocycles. The van der Waals surface area contributed by atoms with Gasteiger partial charge in [0, 0.05) is 6.42 Å². The number of nitrogens with one attached hydrogen (secondary N) is 1. The summed E-state index contributed by atoms with van der Waals surface area (Å²) in [4.78, 5) is 8.80. The van der Waals surface area contributed by atoms with Crippen LogP contribution in [0.15, 0.2) is 47.1 Å². The number of hydrogen-bond donors (Lipinski definition) is 1. The number of tetrazole rings is 1. The number of furan rings is 1. The van der Waals surface area contributed by atoms with Crippen LogP contribution in [0.3, 0.4) is 0 Å². The quantitative estimate of drug-likeness (QED) is 0.490. The average molecular weight is 425 g/mol. The Labute approximate surface area is 179 Å². The Morgan fingerprint density at radius 2 is 2.03 bits per heavy atom. The zero-order valence-electron chi connectivity index (χ0n) is 17.1. The van der Waals surface area contributed by atoms with Gasteiger partial charge in [-0.25, -0.2) is 9.67 Å². The maximum Gasteiger partial charge on any atom is 0.209 e. The van der Waals surface area contributed by atoms with Gasteiger partial charge in [0.1, 0.15) is 18.3 Å². The number of rotatable bonds is 7. The summed E-state index contributed by atoms with van der Waals surface area (Å²) in [7, 11) is 0. The van der Waals surface area contributed by atoms with Crippen molar-refractivity contribution in [1.29, 1.82) is 0 Å². The molecule has 0 unspecified atom stereocenters. The van der Waals surface area contributed by atoms with E-state index in [1.54, 1.807) is 22.5 Å². The van der Waals surface area contributed by atoms with Crippen LogP contribution in [-0.4, -0.2) is 51.4 Å². The van der Waals surface area contributed by atoms with Crippen LogP contribution in [0, 0.1) is 0 Å². The van der Waals surface area contributed by atoms with Gasteiger partial charge >= 0.3 is 0 Å². The number of hydrogen-bond acceptors (Lipinski definition) is 7. The summed E-state index contributed by atoms with van der Waals surface area (Å²) in [6.45, 7) is 6.89. The first-order chi connectivity index (χ1) is 14.8. The highest BCUT2D eigenvalue weighted by atomic mass is 32.1. The van der Waals surface area contributed by atoms with Gasteiger partial charge < -0.3 is 14.2 Å². The van der Waals surface area contributed by atoms with Crippen LogP contribution in [0.25, 0.3) is 10.2 Å². The lowest BCUT2D eigenvalue weighted by atomic mass is 10.1. The summed E-state index contributed by atoms with van der Waals surface area (Å²) >= 11 is 1.78. The Hall–Kier alpha value is -2.78. The van der Waals surface area contributed by atoms with E-state index < -0.39 is 0 Å². The second-order valence-corrected chi connectivity index (χ2v) is 8.73. The Morgan fingerprint density at radius 1 is 1.17 bits per heavy atom. The number of nitrogens with zero attached hydrogens (tertiary/aromatic N) is 6. The minimum absolute atomic E-state index is 0.289. The van der Waals surface area contributed by atoms with E-state index in [2.05, 4.69) is 51.6 Å². The van der Waals surface area contributed by atoms with Gasteiger partial charge in [0.2, 0.25) is 5.82 Å². The Morgan fingerprint density at radius 3 is 2.80 bits per heavy atom. The van der Waals surface area contributed by atoms with Gasteiger partial charge in [0.05, 0.1) is 42.7 Å². The molecule has 0 radical (unpaired) electrons. The smallest absolute Gasteiger partial charge is 0.209 e. The maximum atomic E-state index is 5.50. The lowest BCUT2D eigenvalue weighted by molar-refractivity contribution is -0.933. The topological polar surface area (TPSA) is 77.3 Å². The third kappa shape index (κ3) is 3.82. The molecule has 3 aromatic heterocycles. The highest BCUT2D eigenvalue weighted by molar-refractivity contribution is 7.22. The molecule has 8 nitrogen and oxygen atoms in total.